The molecule has 3 N–H and O–H groups in total. The number of aryl methyl sites for hydroxylation is 2. The van der Waals surface area contributed by atoms with Gasteiger partial charge in [-0.1, -0.05) is 6.07 Å². The maximum Gasteiger partial charge on any atom is 0.316 e. The van der Waals surface area contributed by atoms with Crippen LogP contribution < -0.4 is 16.0 Å². The normalized spacial score (nSPS) is 15.2. The summed E-state index contributed by atoms with van der Waals surface area (Å²) in [7, 11) is 0. The zero-order chi connectivity index (χ0) is 16.1. The first kappa shape index (κ1) is 16.2. The van der Waals surface area contributed by atoms with Crippen LogP contribution in [0.1, 0.15) is 24.0 Å². The summed E-state index contributed by atoms with van der Waals surface area (Å²) in [5.41, 5.74) is 2.66. The molecule has 1 aromatic carbocycles. The van der Waals surface area contributed by atoms with Crippen LogP contribution in [0.25, 0.3) is 0 Å². The molecule has 0 aliphatic carbocycles. The number of carbonyl (C=O) groups excluding carboxylic acids is 3. The van der Waals surface area contributed by atoms with Crippen LogP contribution in [0, 0.1) is 19.8 Å². The Bertz CT molecular complexity index is 592. The van der Waals surface area contributed by atoms with Gasteiger partial charge in [0.05, 0.1) is 0 Å². The summed E-state index contributed by atoms with van der Waals surface area (Å²) < 4.78 is 0. The van der Waals surface area contributed by atoms with Crippen molar-refractivity contribution in [1.82, 2.24) is 10.6 Å². The standard InChI is InChI=1S/C16H21N3O3/c1-10-3-4-13(9-11(10)2)18-15(21)16(22)19-14(20)12-5-7-17-8-6-12/h3-4,9,12,17H,5-8H2,1-2H3,(H,18,21)(H,19,20,22). The maximum absolute atomic E-state index is 11.9. The molecule has 22 heavy (non-hydrogen) atoms. The summed E-state index contributed by atoms with van der Waals surface area (Å²) in [5.74, 6) is -2.33. The predicted octanol–water partition coefficient (Wildman–Crippen LogP) is 0.884. The van der Waals surface area contributed by atoms with Crippen LogP contribution in [0.3, 0.4) is 0 Å². The third kappa shape index (κ3) is 4.14. The molecule has 0 saturated carbocycles. The van der Waals surface area contributed by atoms with E-state index in [1.54, 1.807) is 12.1 Å². The highest BCUT2D eigenvalue weighted by Gasteiger charge is 2.25. The maximum atomic E-state index is 11.9. The Hall–Kier alpha value is -2.21. The average Bonchev–Trinajstić information content (AvgIpc) is 2.51. The molecule has 1 aromatic rings. The molecule has 1 aliphatic heterocycles. The fourth-order valence-electron chi connectivity index (χ4n) is 2.36. The number of hydrogen-bond donors (Lipinski definition) is 3. The van der Waals surface area contributed by atoms with Gasteiger partial charge in [0.2, 0.25) is 5.91 Å². The molecule has 118 valence electrons. The molecule has 1 saturated heterocycles. The largest absolute Gasteiger partial charge is 0.318 e. The van der Waals surface area contributed by atoms with Gasteiger partial charge in [0.25, 0.3) is 0 Å². The molecule has 1 fully saturated rings. The van der Waals surface area contributed by atoms with Crippen LogP contribution in [0.2, 0.25) is 0 Å². The van der Waals surface area contributed by atoms with E-state index in [4.69, 9.17) is 0 Å². The average molecular weight is 303 g/mol. The minimum absolute atomic E-state index is 0.209. The van der Waals surface area contributed by atoms with Crippen LogP contribution in [-0.2, 0) is 14.4 Å². The summed E-state index contributed by atoms with van der Waals surface area (Å²) in [4.78, 5) is 35.6. The van der Waals surface area contributed by atoms with Crippen molar-refractivity contribution < 1.29 is 14.4 Å². The molecule has 6 nitrogen and oxygen atoms in total. The predicted molar refractivity (Wildman–Crippen MR) is 83.3 cm³/mol. The molecule has 1 aliphatic rings. The Morgan fingerprint density at radius 3 is 2.36 bits per heavy atom. The van der Waals surface area contributed by atoms with E-state index < -0.39 is 11.8 Å². The molecule has 0 bridgehead atoms. The number of nitrogens with one attached hydrogen (secondary N) is 3. The van der Waals surface area contributed by atoms with Crippen LogP contribution in [-0.4, -0.2) is 30.8 Å². The molecule has 0 radical (unpaired) electrons. The third-order valence-electron chi connectivity index (χ3n) is 3.92. The highest BCUT2D eigenvalue weighted by Crippen LogP contribution is 2.14. The smallest absolute Gasteiger partial charge is 0.316 e. The number of benzene rings is 1. The number of rotatable bonds is 2. The van der Waals surface area contributed by atoms with E-state index in [1.165, 1.54) is 0 Å². The Balaban J connectivity index is 1.89. The van der Waals surface area contributed by atoms with Crippen LogP contribution in [0.15, 0.2) is 18.2 Å². The zero-order valence-corrected chi connectivity index (χ0v) is 12.9. The van der Waals surface area contributed by atoms with E-state index in [-0.39, 0.29) is 11.8 Å². The number of piperidine rings is 1. The lowest BCUT2D eigenvalue weighted by molar-refractivity contribution is -0.141. The van der Waals surface area contributed by atoms with Crippen molar-refractivity contribution in [3.63, 3.8) is 0 Å². The quantitative estimate of drug-likeness (QED) is 0.708. The Morgan fingerprint density at radius 1 is 1.05 bits per heavy atom. The number of amides is 3. The van der Waals surface area contributed by atoms with E-state index in [9.17, 15) is 14.4 Å². The number of imide groups is 1. The van der Waals surface area contributed by atoms with E-state index in [2.05, 4.69) is 16.0 Å². The molecule has 1 heterocycles. The molecule has 0 aromatic heterocycles. The number of hydrogen-bond acceptors (Lipinski definition) is 4. The van der Waals surface area contributed by atoms with Crippen molar-refractivity contribution in [2.45, 2.75) is 26.7 Å². The molecular weight excluding hydrogens is 282 g/mol. The van der Waals surface area contributed by atoms with Crippen molar-refractivity contribution >= 4 is 23.4 Å². The second-order valence-corrected chi connectivity index (χ2v) is 5.60. The van der Waals surface area contributed by atoms with Gasteiger partial charge in [0, 0.05) is 11.6 Å². The molecule has 2 rings (SSSR count). The van der Waals surface area contributed by atoms with Gasteiger partial charge in [0.15, 0.2) is 0 Å². The second-order valence-electron chi connectivity index (χ2n) is 5.60. The van der Waals surface area contributed by atoms with Gasteiger partial charge in [-0.3, -0.25) is 19.7 Å². The van der Waals surface area contributed by atoms with Gasteiger partial charge in [-0.25, -0.2) is 0 Å². The highest BCUT2D eigenvalue weighted by molar-refractivity contribution is 6.41. The highest BCUT2D eigenvalue weighted by atomic mass is 16.2. The van der Waals surface area contributed by atoms with Gasteiger partial charge < -0.3 is 10.6 Å². The topological polar surface area (TPSA) is 87.3 Å². The van der Waals surface area contributed by atoms with Gasteiger partial charge in [-0.05, 0) is 63.0 Å². The zero-order valence-electron chi connectivity index (χ0n) is 12.9. The van der Waals surface area contributed by atoms with Crippen molar-refractivity contribution in [2.75, 3.05) is 18.4 Å². The monoisotopic (exact) mass is 303 g/mol. The molecule has 0 unspecified atom stereocenters. The summed E-state index contributed by atoms with van der Waals surface area (Å²) >= 11 is 0. The SMILES string of the molecule is Cc1ccc(NC(=O)C(=O)NC(=O)C2CCNCC2)cc1C. The van der Waals surface area contributed by atoms with Crippen LogP contribution in [0.4, 0.5) is 5.69 Å². The lowest BCUT2D eigenvalue weighted by atomic mass is 9.97. The fourth-order valence-corrected chi connectivity index (χ4v) is 2.36. The Labute approximate surface area is 129 Å². The Kier molecular flexibility index (Phi) is 5.27. The first-order valence-corrected chi connectivity index (χ1v) is 7.41. The molecule has 3 amide bonds. The van der Waals surface area contributed by atoms with Crippen LogP contribution in [0.5, 0.6) is 0 Å². The minimum Gasteiger partial charge on any atom is -0.318 e. The lowest BCUT2D eigenvalue weighted by Crippen LogP contribution is -2.44. The first-order valence-electron chi connectivity index (χ1n) is 7.41. The summed E-state index contributed by atoms with van der Waals surface area (Å²) in [6.07, 6.45) is 1.36. The molecular formula is C16H21N3O3. The van der Waals surface area contributed by atoms with Crippen molar-refractivity contribution in [2.24, 2.45) is 5.92 Å². The molecule has 6 heteroatoms. The van der Waals surface area contributed by atoms with Crippen molar-refractivity contribution in [1.29, 1.82) is 0 Å². The number of anilines is 1. The number of carbonyl (C=O) groups is 3. The van der Waals surface area contributed by atoms with E-state index >= 15 is 0 Å². The van der Waals surface area contributed by atoms with Gasteiger partial charge >= 0.3 is 11.8 Å². The van der Waals surface area contributed by atoms with Gasteiger partial charge in [-0.2, -0.15) is 0 Å². The summed E-state index contributed by atoms with van der Waals surface area (Å²) in [5, 5.41) is 7.82. The lowest BCUT2D eigenvalue weighted by Gasteiger charge is -2.21. The minimum atomic E-state index is -0.915. The van der Waals surface area contributed by atoms with Gasteiger partial charge in [0.1, 0.15) is 0 Å². The van der Waals surface area contributed by atoms with E-state index in [0.717, 1.165) is 24.2 Å². The van der Waals surface area contributed by atoms with E-state index in [0.29, 0.717) is 18.5 Å². The Morgan fingerprint density at radius 2 is 1.73 bits per heavy atom. The molecule has 0 spiro atoms. The second kappa shape index (κ2) is 7.17. The third-order valence-corrected chi connectivity index (χ3v) is 3.92. The summed E-state index contributed by atoms with van der Waals surface area (Å²) in [6.45, 7) is 5.39. The van der Waals surface area contributed by atoms with E-state index in [1.807, 2.05) is 19.9 Å². The van der Waals surface area contributed by atoms with Crippen LogP contribution >= 0.6 is 0 Å². The summed E-state index contributed by atoms with van der Waals surface area (Å²) in [6, 6.07) is 5.38. The first-order chi connectivity index (χ1) is 10.5. The van der Waals surface area contributed by atoms with Crippen molar-refractivity contribution in [3.05, 3.63) is 29.3 Å². The molecule has 0 atom stereocenters. The fraction of sp³-hybridized carbons (Fsp3) is 0.438. The van der Waals surface area contributed by atoms with Gasteiger partial charge in [-0.15, -0.1) is 0 Å². The van der Waals surface area contributed by atoms with Crippen molar-refractivity contribution in [3.8, 4) is 0 Å².